The standard InChI is InChI=1S/C25H27NO5/c1-26(18-25(27)28)17-16-22(19-8-4-3-5-9-19)30-20-12-14-21(15-13-20)31-24-11-7-6-10-23(24)29-2/h3-15,22H,16-18H2,1-2H3,(H,27,28). The number of hydrogen-bond acceptors (Lipinski definition) is 5. The van der Waals surface area contributed by atoms with Crippen molar-refractivity contribution in [1.82, 2.24) is 4.90 Å². The van der Waals surface area contributed by atoms with Crippen LogP contribution in [0.25, 0.3) is 0 Å². The molecule has 0 saturated heterocycles. The number of hydrogen-bond donors (Lipinski definition) is 1. The Hall–Kier alpha value is -3.51. The third-order valence-electron chi connectivity index (χ3n) is 4.75. The summed E-state index contributed by atoms with van der Waals surface area (Å²) in [6.07, 6.45) is 0.464. The van der Waals surface area contributed by atoms with Gasteiger partial charge in [-0.3, -0.25) is 9.69 Å². The predicted octanol–water partition coefficient (Wildman–Crippen LogP) is 5.01. The number of ether oxygens (including phenoxy) is 3. The topological polar surface area (TPSA) is 68.2 Å². The fourth-order valence-electron chi connectivity index (χ4n) is 3.19. The smallest absolute Gasteiger partial charge is 0.317 e. The second kappa shape index (κ2) is 11.0. The van der Waals surface area contributed by atoms with Crippen molar-refractivity contribution in [2.75, 3.05) is 27.2 Å². The summed E-state index contributed by atoms with van der Waals surface area (Å²) in [5, 5.41) is 8.97. The summed E-state index contributed by atoms with van der Waals surface area (Å²) in [5.74, 6) is 1.85. The molecule has 0 fully saturated rings. The molecule has 0 bridgehead atoms. The summed E-state index contributed by atoms with van der Waals surface area (Å²) >= 11 is 0. The van der Waals surface area contributed by atoms with Crippen LogP contribution in [0.5, 0.6) is 23.0 Å². The highest BCUT2D eigenvalue weighted by Gasteiger charge is 2.16. The van der Waals surface area contributed by atoms with E-state index in [9.17, 15) is 4.79 Å². The Morgan fingerprint density at radius 2 is 1.52 bits per heavy atom. The van der Waals surface area contributed by atoms with Crippen LogP contribution in [0.15, 0.2) is 78.9 Å². The van der Waals surface area contributed by atoms with Crippen molar-refractivity contribution in [2.24, 2.45) is 0 Å². The molecule has 3 aromatic rings. The van der Waals surface area contributed by atoms with Gasteiger partial charge in [0.15, 0.2) is 11.5 Å². The molecule has 1 unspecified atom stereocenters. The number of nitrogens with zero attached hydrogens (tertiary/aromatic N) is 1. The van der Waals surface area contributed by atoms with E-state index in [1.165, 1.54) is 0 Å². The average Bonchev–Trinajstić information content (AvgIpc) is 2.78. The lowest BCUT2D eigenvalue weighted by atomic mass is 10.1. The summed E-state index contributed by atoms with van der Waals surface area (Å²) in [4.78, 5) is 12.7. The molecular formula is C25H27NO5. The largest absolute Gasteiger partial charge is 0.493 e. The van der Waals surface area contributed by atoms with E-state index < -0.39 is 5.97 Å². The quantitative estimate of drug-likeness (QED) is 0.469. The molecule has 0 aliphatic rings. The molecule has 0 aliphatic carbocycles. The monoisotopic (exact) mass is 421 g/mol. The molecule has 31 heavy (non-hydrogen) atoms. The van der Waals surface area contributed by atoms with Gasteiger partial charge in [0.2, 0.25) is 0 Å². The number of methoxy groups -OCH3 is 1. The van der Waals surface area contributed by atoms with E-state index in [0.29, 0.717) is 36.0 Å². The van der Waals surface area contributed by atoms with Crippen LogP contribution in [0.4, 0.5) is 0 Å². The normalized spacial score (nSPS) is 11.7. The zero-order chi connectivity index (χ0) is 22.1. The maximum Gasteiger partial charge on any atom is 0.317 e. The highest BCUT2D eigenvalue weighted by molar-refractivity contribution is 5.69. The van der Waals surface area contributed by atoms with Crippen LogP contribution in [0, 0.1) is 0 Å². The summed E-state index contributed by atoms with van der Waals surface area (Å²) in [6, 6.07) is 24.8. The third kappa shape index (κ3) is 6.76. The van der Waals surface area contributed by atoms with Crippen LogP contribution in [-0.2, 0) is 4.79 Å². The van der Waals surface area contributed by atoms with Crippen LogP contribution >= 0.6 is 0 Å². The minimum Gasteiger partial charge on any atom is -0.493 e. The molecule has 162 valence electrons. The van der Waals surface area contributed by atoms with E-state index in [-0.39, 0.29) is 12.6 Å². The third-order valence-corrected chi connectivity index (χ3v) is 4.75. The summed E-state index contributed by atoms with van der Waals surface area (Å²) < 4.78 is 17.5. The van der Waals surface area contributed by atoms with Gasteiger partial charge < -0.3 is 19.3 Å². The van der Waals surface area contributed by atoms with Gasteiger partial charge >= 0.3 is 5.97 Å². The van der Waals surface area contributed by atoms with Gasteiger partial charge in [0.05, 0.1) is 13.7 Å². The van der Waals surface area contributed by atoms with Gasteiger partial charge in [0, 0.05) is 13.0 Å². The van der Waals surface area contributed by atoms with E-state index in [0.717, 1.165) is 5.56 Å². The van der Waals surface area contributed by atoms with Gasteiger partial charge in [0.1, 0.15) is 17.6 Å². The second-order valence-corrected chi connectivity index (χ2v) is 7.16. The summed E-state index contributed by atoms with van der Waals surface area (Å²) in [5.41, 5.74) is 1.04. The molecule has 0 amide bonds. The number of carboxylic acids is 1. The molecule has 0 spiro atoms. The highest BCUT2D eigenvalue weighted by Crippen LogP contribution is 2.32. The minimum absolute atomic E-state index is 0.00348. The molecule has 3 rings (SSSR count). The molecule has 3 aromatic carbocycles. The maximum absolute atomic E-state index is 10.9. The molecule has 1 N–H and O–H groups in total. The number of carbonyl (C=O) groups is 1. The Balaban J connectivity index is 1.68. The van der Waals surface area contributed by atoms with Crippen molar-refractivity contribution in [1.29, 1.82) is 0 Å². The molecule has 1 atom stereocenters. The Kier molecular flexibility index (Phi) is 7.90. The lowest BCUT2D eigenvalue weighted by molar-refractivity contribution is -0.138. The Bertz CT molecular complexity index is 959. The average molecular weight is 421 g/mol. The number of rotatable bonds is 11. The first-order valence-corrected chi connectivity index (χ1v) is 10.1. The SMILES string of the molecule is COc1ccccc1Oc1ccc(OC(CCN(C)CC(=O)O)c2ccccc2)cc1. The van der Waals surface area contributed by atoms with E-state index in [2.05, 4.69) is 0 Å². The van der Waals surface area contributed by atoms with Crippen molar-refractivity contribution in [3.63, 3.8) is 0 Å². The highest BCUT2D eigenvalue weighted by atomic mass is 16.5. The molecular weight excluding hydrogens is 394 g/mol. The van der Waals surface area contributed by atoms with Crippen LogP contribution < -0.4 is 14.2 Å². The van der Waals surface area contributed by atoms with Gasteiger partial charge in [-0.25, -0.2) is 0 Å². The first-order valence-electron chi connectivity index (χ1n) is 10.1. The first-order chi connectivity index (χ1) is 15.0. The lowest BCUT2D eigenvalue weighted by Crippen LogP contribution is -2.28. The van der Waals surface area contributed by atoms with E-state index >= 15 is 0 Å². The Morgan fingerprint density at radius 1 is 0.903 bits per heavy atom. The number of carboxylic acid groups (broad SMARTS) is 1. The molecule has 0 heterocycles. The molecule has 0 saturated carbocycles. The van der Waals surface area contributed by atoms with Gasteiger partial charge in [-0.1, -0.05) is 42.5 Å². The minimum atomic E-state index is -0.842. The first kappa shape index (κ1) is 22.2. The van der Waals surface area contributed by atoms with Crippen LogP contribution in [-0.4, -0.2) is 43.2 Å². The maximum atomic E-state index is 10.9. The zero-order valence-electron chi connectivity index (χ0n) is 17.7. The van der Waals surface area contributed by atoms with Crippen LogP contribution in [0.1, 0.15) is 18.1 Å². The molecule has 6 heteroatoms. The molecule has 0 radical (unpaired) electrons. The van der Waals surface area contributed by atoms with E-state index in [1.807, 2.05) is 78.9 Å². The Labute approximate surface area is 182 Å². The molecule has 6 nitrogen and oxygen atoms in total. The van der Waals surface area contributed by atoms with Crippen LogP contribution in [0.2, 0.25) is 0 Å². The van der Waals surface area contributed by atoms with Gasteiger partial charge in [-0.15, -0.1) is 0 Å². The van der Waals surface area contributed by atoms with Crippen LogP contribution in [0.3, 0.4) is 0 Å². The van der Waals surface area contributed by atoms with Crippen molar-refractivity contribution < 1.29 is 24.1 Å². The van der Waals surface area contributed by atoms with Gasteiger partial charge in [0.25, 0.3) is 0 Å². The van der Waals surface area contributed by atoms with Gasteiger partial charge in [-0.05, 0) is 49.0 Å². The molecule has 0 aliphatic heterocycles. The van der Waals surface area contributed by atoms with E-state index in [4.69, 9.17) is 19.3 Å². The van der Waals surface area contributed by atoms with Crippen molar-refractivity contribution in [3.8, 4) is 23.0 Å². The molecule has 0 aromatic heterocycles. The number of benzene rings is 3. The fraction of sp³-hybridized carbons (Fsp3) is 0.240. The number of likely N-dealkylation sites (N-methyl/N-ethyl adjacent to an activating group) is 1. The fourth-order valence-corrected chi connectivity index (χ4v) is 3.19. The second-order valence-electron chi connectivity index (χ2n) is 7.16. The lowest BCUT2D eigenvalue weighted by Gasteiger charge is -2.22. The van der Waals surface area contributed by atoms with Crippen molar-refractivity contribution >= 4 is 5.97 Å². The number of para-hydroxylation sites is 2. The van der Waals surface area contributed by atoms with E-state index in [1.54, 1.807) is 19.1 Å². The summed E-state index contributed by atoms with van der Waals surface area (Å²) in [6.45, 7) is 0.595. The van der Waals surface area contributed by atoms with Gasteiger partial charge in [-0.2, -0.15) is 0 Å². The Morgan fingerprint density at radius 3 is 2.16 bits per heavy atom. The zero-order valence-corrected chi connectivity index (χ0v) is 17.7. The predicted molar refractivity (Wildman–Crippen MR) is 119 cm³/mol. The number of aliphatic carboxylic acids is 1. The van der Waals surface area contributed by atoms with Crippen molar-refractivity contribution in [2.45, 2.75) is 12.5 Å². The van der Waals surface area contributed by atoms with Crippen molar-refractivity contribution in [3.05, 3.63) is 84.4 Å². The summed E-state index contributed by atoms with van der Waals surface area (Å²) in [7, 11) is 3.40.